The molecule has 16 heteroatoms. The van der Waals surface area contributed by atoms with Crippen LogP contribution in [-0.4, -0.2) is 54.8 Å². The molecule has 10 N–H and O–H groups in total. The molecule has 0 spiro atoms. The molecule has 4 aromatic heterocycles. The number of aromatic amines is 4. The van der Waals surface area contributed by atoms with Crippen molar-refractivity contribution < 1.29 is 9.59 Å². The molecule has 0 fully saturated rings. The molecule has 0 radical (unpaired) electrons. The van der Waals surface area contributed by atoms with Gasteiger partial charge in [0.1, 0.15) is 11.4 Å². The Morgan fingerprint density at radius 2 is 1.50 bits per heavy atom. The molecule has 4 aromatic rings. The molecule has 1 aliphatic carbocycles. The minimum Gasteiger partial charge on any atom is -0.369 e. The number of amides is 2. The van der Waals surface area contributed by atoms with Crippen LogP contribution in [0, 0.1) is 11.8 Å². The number of halogens is 4. The number of hydrogen-bond acceptors (Lipinski definition) is 6. The second-order valence-corrected chi connectivity index (χ2v) is 12.2. The van der Waals surface area contributed by atoms with Gasteiger partial charge in [0, 0.05) is 30.4 Å². The van der Waals surface area contributed by atoms with Gasteiger partial charge in [-0.3, -0.25) is 9.59 Å². The van der Waals surface area contributed by atoms with Gasteiger partial charge in [-0.15, -0.1) is 0 Å². The van der Waals surface area contributed by atoms with E-state index in [1.54, 1.807) is 18.3 Å². The maximum atomic E-state index is 13.0. The van der Waals surface area contributed by atoms with Gasteiger partial charge in [-0.2, -0.15) is 0 Å². The van der Waals surface area contributed by atoms with Crippen molar-refractivity contribution in [3.63, 3.8) is 0 Å². The topological polar surface area (TPSA) is 199 Å². The highest BCUT2D eigenvalue weighted by Gasteiger charge is 2.41. The van der Waals surface area contributed by atoms with E-state index in [2.05, 4.69) is 104 Å². The number of carbonyl (C=O) groups is 2. The fraction of sp³-hybridized carbons (Fsp3) is 0.273. The number of imidazole rings is 2. The highest BCUT2D eigenvalue weighted by atomic mass is 79.9. The van der Waals surface area contributed by atoms with Crippen molar-refractivity contribution in [2.75, 3.05) is 24.6 Å². The number of nitrogens with zero attached hydrogens (tertiary/aromatic N) is 2. The van der Waals surface area contributed by atoms with Crippen LogP contribution in [0.5, 0.6) is 0 Å². The van der Waals surface area contributed by atoms with Crippen LogP contribution in [0.4, 0.5) is 11.9 Å². The number of hydrogen-bond donors (Lipinski definition) is 8. The number of anilines is 2. The highest BCUT2D eigenvalue weighted by molar-refractivity contribution is 9.13. The quantitative estimate of drug-likeness (QED) is 0.140. The predicted octanol–water partition coefficient (Wildman–Crippen LogP) is 3.78. The van der Waals surface area contributed by atoms with Gasteiger partial charge in [0.2, 0.25) is 0 Å². The Morgan fingerprint density at radius 3 is 2.03 bits per heavy atom. The molecule has 12 nitrogen and oxygen atoms in total. The maximum Gasteiger partial charge on any atom is 0.267 e. The number of aromatic nitrogens is 6. The molecule has 0 bridgehead atoms. The van der Waals surface area contributed by atoms with E-state index in [1.165, 1.54) is 0 Å². The number of nitrogen functional groups attached to an aromatic ring is 2. The van der Waals surface area contributed by atoms with Crippen LogP contribution in [0.3, 0.4) is 0 Å². The van der Waals surface area contributed by atoms with E-state index in [0.29, 0.717) is 46.1 Å². The summed E-state index contributed by atoms with van der Waals surface area (Å²) in [6.45, 7) is 0.634. The van der Waals surface area contributed by atoms with Crippen molar-refractivity contribution in [1.82, 2.24) is 40.5 Å². The second-order valence-electron chi connectivity index (χ2n) is 8.93. The minimum absolute atomic E-state index is 0.0925. The molecule has 0 unspecified atom stereocenters. The Morgan fingerprint density at radius 1 is 0.895 bits per heavy atom. The van der Waals surface area contributed by atoms with Gasteiger partial charge >= 0.3 is 0 Å². The smallest absolute Gasteiger partial charge is 0.267 e. The summed E-state index contributed by atoms with van der Waals surface area (Å²) in [4.78, 5) is 46.9. The van der Waals surface area contributed by atoms with Crippen molar-refractivity contribution in [1.29, 1.82) is 0 Å². The normalized spacial score (nSPS) is 18.8. The first-order chi connectivity index (χ1) is 18.1. The van der Waals surface area contributed by atoms with Gasteiger partial charge in [-0.25, -0.2) is 9.97 Å². The zero-order chi connectivity index (χ0) is 27.1. The first-order valence-electron chi connectivity index (χ1n) is 11.4. The monoisotopic (exact) mass is 774 g/mol. The molecule has 200 valence electrons. The lowest BCUT2D eigenvalue weighted by molar-refractivity contribution is 0.0906. The number of fused-ring (bicyclic) bond motifs is 1. The summed E-state index contributed by atoms with van der Waals surface area (Å²) in [6, 6.07) is 3.40. The maximum absolute atomic E-state index is 13.0. The molecular formula is C22H22Br4N10O2. The second kappa shape index (κ2) is 10.9. The molecule has 0 saturated carbocycles. The lowest BCUT2D eigenvalue weighted by Crippen LogP contribution is -2.44. The van der Waals surface area contributed by atoms with Crippen molar-refractivity contribution in [3.8, 4) is 0 Å². The van der Waals surface area contributed by atoms with E-state index in [-0.39, 0.29) is 35.5 Å². The largest absolute Gasteiger partial charge is 0.369 e. The van der Waals surface area contributed by atoms with Crippen LogP contribution in [0.15, 0.2) is 36.5 Å². The van der Waals surface area contributed by atoms with Gasteiger partial charge in [-0.1, -0.05) is 0 Å². The van der Waals surface area contributed by atoms with Gasteiger partial charge in [0.15, 0.2) is 11.9 Å². The first kappa shape index (κ1) is 27.0. The van der Waals surface area contributed by atoms with Crippen molar-refractivity contribution in [3.05, 3.63) is 65.0 Å². The number of rotatable bonds is 7. The summed E-state index contributed by atoms with van der Waals surface area (Å²) in [7, 11) is 0. The van der Waals surface area contributed by atoms with Gasteiger partial charge in [0.05, 0.1) is 30.0 Å². The standard InChI is InChI=1S/C22H22Br4N10O2/c23-9-2-12(32-17(9)25)19(37)29-4-7-1-11-16(36-22(28)34-11)15(14-6-31-21(27)35-14)8(7)5-30-20(38)13-3-10(24)18(26)33-13/h2-3,6-8,15,32-33H,1,4-5H2,(H,29,37)(H,30,38)(H3,27,31,35)(H3,28,34,36)/t7-,8+,15-/m1/s1. The average molecular weight is 778 g/mol. The molecule has 3 atom stereocenters. The number of H-pyrrole nitrogens is 4. The van der Waals surface area contributed by atoms with Crippen LogP contribution in [-0.2, 0) is 6.42 Å². The van der Waals surface area contributed by atoms with E-state index in [4.69, 9.17) is 11.5 Å². The predicted molar refractivity (Wildman–Crippen MR) is 156 cm³/mol. The van der Waals surface area contributed by atoms with Gasteiger partial charge < -0.3 is 42.0 Å². The molecule has 4 heterocycles. The van der Waals surface area contributed by atoms with E-state index >= 15 is 0 Å². The Bertz CT molecular complexity index is 1470. The average Bonchev–Trinajstić information content (AvgIpc) is 3.63. The Hall–Kier alpha value is -2.56. The lowest BCUT2D eigenvalue weighted by atomic mass is 9.71. The van der Waals surface area contributed by atoms with Crippen LogP contribution < -0.4 is 22.1 Å². The number of nitrogens with two attached hydrogens (primary N) is 2. The molecule has 38 heavy (non-hydrogen) atoms. The zero-order valence-corrected chi connectivity index (χ0v) is 25.8. The summed E-state index contributed by atoms with van der Waals surface area (Å²) < 4.78 is 2.84. The molecule has 1 aliphatic rings. The molecule has 0 aliphatic heterocycles. The molecule has 0 aromatic carbocycles. The summed E-state index contributed by atoms with van der Waals surface area (Å²) in [5.41, 5.74) is 15.1. The van der Waals surface area contributed by atoms with Gasteiger partial charge in [-0.05, 0) is 94.1 Å². The first-order valence-corrected chi connectivity index (χ1v) is 14.6. The Kier molecular flexibility index (Phi) is 7.75. The third-order valence-corrected chi connectivity index (χ3v) is 10.1. The SMILES string of the molecule is Nc1ncc([C@@H]2c3nc(N)[nH]c3C[C@H](CNC(=O)c3cc(Br)c(Br)[nH]3)[C@@H]2CNC(=O)c2cc(Br)c(Br)[nH]2)[nH]1. The number of nitrogens with one attached hydrogen (secondary N) is 6. The third-order valence-electron chi connectivity index (χ3n) is 6.54. The van der Waals surface area contributed by atoms with Crippen molar-refractivity contribution in [2.45, 2.75) is 12.3 Å². The van der Waals surface area contributed by atoms with Crippen molar-refractivity contribution >= 4 is 87.4 Å². The lowest BCUT2D eigenvalue weighted by Gasteiger charge is -2.37. The van der Waals surface area contributed by atoms with E-state index in [9.17, 15) is 9.59 Å². The number of carbonyl (C=O) groups excluding carboxylic acids is 2. The summed E-state index contributed by atoms with van der Waals surface area (Å²) in [5.74, 6) is -0.541. The zero-order valence-electron chi connectivity index (χ0n) is 19.5. The third kappa shape index (κ3) is 5.44. The summed E-state index contributed by atoms with van der Waals surface area (Å²) in [5, 5.41) is 6.06. The van der Waals surface area contributed by atoms with E-state index < -0.39 is 0 Å². The summed E-state index contributed by atoms with van der Waals surface area (Å²) in [6.07, 6.45) is 2.23. The van der Waals surface area contributed by atoms with Crippen LogP contribution in [0.25, 0.3) is 0 Å². The van der Waals surface area contributed by atoms with Crippen LogP contribution >= 0.6 is 63.7 Å². The van der Waals surface area contributed by atoms with E-state index in [0.717, 1.165) is 26.0 Å². The Balaban J connectivity index is 1.43. The van der Waals surface area contributed by atoms with Crippen LogP contribution in [0.1, 0.15) is 44.0 Å². The summed E-state index contributed by atoms with van der Waals surface area (Å²) >= 11 is 13.5. The molecule has 5 rings (SSSR count). The molecular weight excluding hydrogens is 756 g/mol. The highest BCUT2D eigenvalue weighted by Crippen LogP contribution is 2.42. The molecule has 0 saturated heterocycles. The van der Waals surface area contributed by atoms with Gasteiger partial charge in [0.25, 0.3) is 11.8 Å². The Labute approximate surface area is 249 Å². The van der Waals surface area contributed by atoms with Crippen molar-refractivity contribution in [2.24, 2.45) is 11.8 Å². The van der Waals surface area contributed by atoms with E-state index in [1.807, 2.05) is 0 Å². The molecule has 2 amide bonds. The fourth-order valence-corrected chi connectivity index (χ4v) is 6.13. The van der Waals surface area contributed by atoms with Crippen LogP contribution in [0.2, 0.25) is 0 Å². The fourth-order valence-electron chi connectivity index (χ4n) is 4.82. The minimum atomic E-state index is -0.310.